The van der Waals surface area contributed by atoms with Crippen LogP contribution in [0.25, 0.3) is 6.08 Å². The first kappa shape index (κ1) is 19.5. The molecule has 0 fully saturated rings. The molecule has 2 rings (SSSR count). The lowest BCUT2D eigenvalue weighted by Crippen LogP contribution is -2.26. The summed E-state index contributed by atoms with van der Waals surface area (Å²) in [5, 5.41) is 10.9. The fraction of sp³-hybridized carbons (Fsp3) is 0.111. The molecule has 3 nitrogen and oxygen atoms in total. The topological polar surface area (TPSA) is 52.9 Å². The SMILES string of the molecule is N#CC(NC(=O)/C=C/c1ccc(Cl)c(C(F)(F)F)c1)c1ccccc1F. The molecule has 0 spiro atoms. The summed E-state index contributed by atoms with van der Waals surface area (Å²) in [5.74, 6) is -1.42. The van der Waals surface area contributed by atoms with E-state index in [0.717, 1.165) is 30.4 Å². The molecule has 0 saturated heterocycles. The minimum absolute atomic E-state index is 0.0115. The highest BCUT2D eigenvalue weighted by molar-refractivity contribution is 6.31. The highest BCUT2D eigenvalue weighted by atomic mass is 35.5. The third kappa shape index (κ3) is 4.83. The smallest absolute Gasteiger partial charge is 0.333 e. The second-order valence-electron chi connectivity index (χ2n) is 5.16. The van der Waals surface area contributed by atoms with Crippen LogP contribution >= 0.6 is 11.6 Å². The quantitative estimate of drug-likeness (QED) is 0.604. The van der Waals surface area contributed by atoms with E-state index >= 15 is 0 Å². The van der Waals surface area contributed by atoms with Crippen molar-refractivity contribution in [3.63, 3.8) is 0 Å². The fourth-order valence-electron chi connectivity index (χ4n) is 2.11. The van der Waals surface area contributed by atoms with Crippen molar-refractivity contribution in [2.24, 2.45) is 0 Å². The van der Waals surface area contributed by atoms with E-state index in [2.05, 4.69) is 5.32 Å². The molecule has 26 heavy (non-hydrogen) atoms. The maximum absolute atomic E-state index is 13.7. The van der Waals surface area contributed by atoms with Crippen LogP contribution in [0.3, 0.4) is 0 Å². The number of nitriles is 1. The van der Waals surface area contributed by atoms with Crippen molar-refractivity contribution in [3.05, 3.63) is 76.1 Å². The summed E-state index contributed by atoms with van der Waals surface area (Å²) < 4.78 is 52.1. The Morgan fingerprint density at radius 3 is 2.54 bits per heavy atom. The van der Waals surface area contributed by atoms with E-state index in [1.807, 2.05) is 0 Å². The first-order chi connectivity index (χ1) is 12.2. The van der Waals surface area contributed by atoms with Crippen LogP contribution in [0.1, 0.15) is 22.7 Å². The summed E-state index contributed by atoms with van der Waals surface area (Å²) in [5.41, 5.74) is -0.943. The van der Waals surface area contributed by atoms with Crippen molar-refractivity contribution in [1.82, 2.24) is 5.32 Å². The largest absolute Gasteiger partial charge is 0.417 e. The molecule has 2 aromatic rings. The number of hydrogen-bond acceptors (Lipinski definition) is 2. The van der Waals surface area contributed by atoms with Crippen molar-refractivity contribution >= 4 is 23.6 Å². The van der Waals surface area contributed by atoms with Crippen LogP contribution < -0.4 is 5.32 Å². The number of rotatable bonds is 4. The number of amides is 1. The van der Waals surface area contributed by atoms with Gasteiger partial charge in [0, 0.05) is 11.6 Å². The predicted octanol–water partition coefficient (Wildman–Crippen LogP) is 4.89. The Labute approximate surface area is 151 Å². The van der Waals surface area contributed by atoms with Gasteiger partial charge in [-0.1, -0.05) is 35.9 Å². The van der Waals surface area contributed by atoms with Crippen LogP contribution in [0.2, 0.25) is 5.02 Å². The van der Waals surface area contributed by atoms with Gasteiger partial charge in [-0.25, -0.2) is 4.39 Å². The van der Waals surface area contributed by atoms with Crippen molar-refractivity contribution < 1.29 is 22.4 Å². The van der Waals surface area contributed by atoms with Crippen molar-refractivity contribution in [2.75, 3.05) is 0 Å². The van der Waals surface area contributed by atoms with Crippen LogP contribution in [0.15, 0.2) is 48.5 Å². The molecule has 0 heterocycles. The highest BCUT2D eigenvalue weighted by Gasteiger charge is 2.33. The molecule has 8 heteroatoms. The van der Waals surface area contributed by atoms with E-state index in [9.17, 15) is 22.4 Å². The maximum atomic E-state index is 13.7. The molecule has 1 atom stereocenters. The summed E-state index contributed by atoms with van der Waals surface area (Å²) in [7, 11) is 0. The Kier molecular flexibility index (Phi) is 6.01. The number of alkyl halides is 3. The Balaban J connectivity index is 2.15. The van der Waals surface area contributed by atoms with Crippen LogP contribution in [-0.2, 0) is 11.0 Å². The van der Waals surface area contributed by atoms with Crippen molar-refractivity contribution in [1.29, 1.82) is 5.26 Å². The molecular formula is C18H11ClF4N2O. The lowest BCUT2D eigenvalue weighted by molar-refractivity contribution is -0.137. The average molecular weight is 383 g/mol. The van der Waals surface area contributed by atoms with Gasteiger partial charge in [-0.2, -0.15) is 18.4 Å². The van der Waals surface area contributed by atoms with E-state index in [-0.39, 0.29) is 11.1 Å². The lowest BCUT2D eigenvalue weighted by Gasteiger charge is -2.11. The molecule has 1 N–H and O–H groups in total. The zero-order valence-electron chi connectivity index (χ0n) is 13.0. The van der Waals surface area contributed by atoms with Crippen LogP contribution in [-0.4, -0.2) is 5.91 Å². The normalized spacial score (nSPS) is 12.6. The molecule has 0 aliphatic rings. The van der Waals surface area contributed by atoms with Gasteiger partial charge in [-0.3, -0.25) is 4.79 Å². The van der Waals surface area contributed by atoms with Gasteiger partial charge in [-0.05, 0) is 29.8 Å². The van der Waals surface area contributed by atoms with Gasteiger partial charge in [0.15, 0.2) is 0 Å². The van der Waals surface area contributed by atoms with Gasteiger partial charge in [0.05, 0.1) is 16.7 Å². The molecule has 0 aromatic heterocycles. The lowest BCUT2D eigenvalue weighted by atomic mass is 10.1. The molecule has 1 amide bonds. The monoisotopic (exact) mass is 382 g/mol. The molecule has 0 aliphatic carbocycles. The van der Waals surface area contributed by atoms with E-state index in [0.29, 0.717) is 0 Å². The summed E-state index contributed by atoms with van der Waals surface area (Å²) in [6.45, 7) is 0. The first-order valence-corrected chi connectivity index (χ1v) is 7.59. The van der Waals surface area contributed by atoms with E-state index < -0.39 is 34.5 Å². The number of carbonyl (C=O) groups excluding carboxylic acids is 1. The minimum Gasteiger partial charge on any atom is -0.333 e. The van der Waals surface area contributed by atoms with E-state index in [4.69, 9.17) is 16.9 Å². The molecule has 2 aromatic carbocycles. The Bertz CT molecular complexity index is 887. The molecule has 0 saturated carbocycles. The molecule has 0 aliphatic heterocycles. The summed E-state index contributed by atoms with van der Waals surface area (Å²) in [4.78, 5) is 11.9. The van der Waals surface area contributed by atoms with Gasteiger partial charge in [0.1, 0.15) is 11.9 Å². The Hall–Kier alpha value is -2.85. The van der Waals surface area contributed by atoms with Crippen LogP contribution in [0.4, 0.5) is 17.6 Å². The third-order valence-corrected chi connectivity index (χ3v) is 3.68. The van der Waals surface area contributed by atoms with Gasteiger partial charge in [0.25, 0.3) is 0 Å². The maximum Gasteiger partial charge on any atom is 0.417 e. The fourth-order valence-corrected chi connectivity index (χ4v) is 2.34. The molecular weight excluding hydrogens is 372 g/mol. The molecule has 0 radical (unpaired) electrons. The number of hydrogen-bond donors (Lipinski definition) is 1. The molecule has 134 valence electrons. The highest BCUT2D eigenvalue weighted by Crippen LogP contribution is 2.35. The number of carbonyl (C=O) groups is 1. The van der Waals surface area contributed by atoms with E-state index in [1.165, 1.54) is 24.3 Å². The van der Waals surface area contributed by atoms with Gasteiger partial charge < -0.3 is 5.32 Å². The first-order valence-electron chi connectivity index (χ1n) is 7.21. The van der Waals surface area contributed by atoms with Crippen LogP contribution in [0, 0.1) is 17.1 Å². The van der Waals surface area contributed by atoms with Gasteiger partial charge in [-0.15, -0.1) is 0 Å². The Morgan fingerprint density at radius 2 is 1.92 bits per heavy atom. The number of halogens is 5. The number of nitrogens with zero attached hydrogens (tertiary/aromatic N) is 1. The summed E-state index contributed by atoms with van der Waals surface area (Å²) in [6, 6.07) is 9.14. The number of benzene rings is 2. The Morgan fingerprint density at radius 1 is 1.23 bits per heavy atom. The van der Waals surface area contributed by atoms with E-state index in [1.54, 1.807) is 6.07 Å². The zero-order valence-corrected chi connectivity index (χ0v) is 13.8. The second-order valence-corrected chi connectivity index (χ2v) is 5.57. The standard InChI is InChI=1S/C18H11ClF4N2O/c19-14-7-5-11(9-13(14)18(21,22)23)6-8-17(26)25-16(10-24)12-3-1-2-4-15(12)20/h1-9,16H,(H,25,26)/b8-6+. The van der Waals surface area contributed by atoms with Gasteiger partial charge >= 0.3 is 6.18 Å². The summed E-state index contributed by atoms with van der Waals surface area (Å²) >= 11 is 5.52. The average Bonchev–Trinajstić information content (AvgIpc) is 2.58. The van der Waals surface area contributed by atoms with Crippen molar-refractivity contribution in [3.8, 4) is 6.07 Å². The summed E-state index contributed by atoms with van der Waals surface area (Å²) in [6.07, 6.45) is -2.54. The zero-order chi connectivity index (χ0) is 19.3. The van der Waals surface area contributed by atoms with Crippen molar-refractivity contribution in [2.45, 2.75) is 12.2 Å². The second kappa shape index (κ2) is 8.02. The molecule has 1 unspecified atom stereocenters. The molecule has 0 bridgehead atoms. The third-order valence-electron chi connectivity index (χ3n) is 3.35. The van der Waals surface area contributed by atoms with Crippen LogP contribution in [0.5, 0.6) is 0 Å². The van der Waals surface area contributed by atoms with Gasteiger partial charge in [0.2, 0.25) is 5.91 Å². The predicted molar refractivity (Wildman–Crippen MR) is 88.4 cm³/mol. The minimum atomic E-state index is -4.63. The number of nitrogens with one attached hydrogen (secondary N) is 1.